The molecule has 0 saturated heterocycles. The van der Waals surface area contributed by atoms with Gasteiger partial charge in [0.1, 0.15) is 16.5 Å². The molecule has 134 valence electrons. The van der Waals surface area contributed by atoms with E-state index in [1.165, 1.54) is 30.3 Å². The number of alkyl halides is 3. The second-order valence-electron chi connectivity index (χ2n) is 4.34. The van der Waals surface area contributed by atoms with E-state index in [4.69, 9.17) is 21.7 Å². The van der Waals surface area contributed by atoms with Crippen LogP contribution < -0.4 is 4.74 Å². The number of nitrogens with zero attached hydrogens (tertiary/aromatic N) is 2. The SMILES string of the molecule is F[B-](F)(F)F.N#[N+]c1ccc(Oc2cccc(C(F)(F)F)c2)cc1Cl. The molecule has 0 radical (unpaired) electrons. The summed E-state index contributed by atoms with van der Waals surface area (Å²) in [6.07, 6.45) is -4.43. The van der Waals surface area contributed by atoms with E-state index in [2.05, 4.69) is 4.98 Å². The molecule has 0 aromatic heterocycles. The molecule has 3 nitrogen and oxygen atoms in total. The van der Waals surface area contributed by atoms with Crippen LogP contribution in [-0.4, -0.2) is 7.25 Å². The molecule has 0 atom stereocenters. The molecule has 12 heteroatoms. The quantitative estimate of drug-likeness (QED) is 0.319. The largest absolute Gasteiger partial charge is 0.673 e. The lowest BCUT2D eigenvalue weighted by Gasteiger charge is -2.09. The van der Waals surface area contributed by atoms with Crippen LogP contribution in [0.1, 0.15) is 5.56 Å². The van der Waals surface area contributed by atoms with Crippen molar-refractivity contribution < 1.29 is 35.2 Å². The summed E-state index contributed by atoms with van der Waals surface area (Å²) in [6.45, 7) is 0. The Morgan fingerprint density at radius 1 is 0.960 bits per heavy atom. The van der Waals surface area contributed by atoms with Gasteiger partial charge in [0.25, 0.3) is 0 Å². The highest BCUT2D eigenvalue weighted by Gasteiger charge is 2.30. The Bertz CT molecular complexity index is 768. The van der Waals surface area contributed by atoms with Crippen LogP contribution in [-0.2, 0) is 6.18 Å². The normalized spacial score (nSPS) is 11.2. The highest BCUT2D eigenvalue weighted by Crippen LogP contribution is 2.34. The van der Waals surface area contributed by atoms with Gasteiger partial charge in [-0.15, -0.1) is 0 Å². The van der Waals surface area contributed by atoms with Crippen molar-refractivity contribution in [3.8, 4) is 11.5 Å². The molecule has 0 unspecified atom stereocenters. The zero-order valence-electron chi connectivity index (χ0n) is 11.9. The van der Waals surface area contributed by atoms with E-state index >= 15 is 0 Å². The Morgan fingerprint density at radius 3 is 2.00 bits per heavy atom. The zero-order chi connectivity index (χ0) is 19.3. The van der Waals surface area contributed by atoms with E-state index in [9.17, 15) is 30.4 Å². The van der Waals surface area contributed by atoms with E-state index in [0.717, 1.165) is 12.1 Å². The van der Waals surface area contributed by atoms with Crippen LogP contribution in [0.4, 0.5) is 36.1 Å². The topological polar surface area (TPSA) is 37.4 Å². The molecule has 2 aromatic carbocycles. The standard InChI is InChI=1S/C13H7ClF3N2O.BF4/c14-11-7-10(4-5-12(11)19-18)20-9-3-1-2-8(6-9)13(15,16)17;2-1(3,4)5/h1-7H;/q+1;-1. The average molecular weight is 386 g/mol. The molecule has 0 aliphatic rings. The fourth-order valence-electron chi connectivity index (χ4n) is 1.50. The average Bonchev–Trinajstić information content (AvgIpc) is 2.45. The molecule has 0 saturated carbocycles. The first-order chi connectivity index (χ1) is 11.4. The van der Waals surface area contributed by atoms with Gasteiger partial charge >= 0.3 is 19.1 Å². The van der Waals surface area contributed by atoms with Gasteiger partial charge in [0.05, 0.1) is 5.56 Å². The summed E-state index contributed by atoms with van der Waals surface area (Å²) in [6, 6.07) is 8.64. The third-order valence-electron chi connectivity index (χ3n) is 2.42. The first kappa shape index (κ1) is 20.6. The van der Waals surface area contributed by atoms with E-state index in [1.807, 2.05) is 0 Å². The van der Waals surface area contributed by atoms with E-state index in [-0.39, 0.29) is 22.2 Å². The molecular formula is C13H7BClF7N2O. The Labute approximate surface area is 141 Å². The number of benzene rings is 2. The molecule has 25 heavy (non-hydrogen) atoms. The van der Waals surface area contributed by atoms with Gasteiger partial charge in [-0.1, -0.05) is 17.7 Å². The van der Waals surface area contributed by atoms with Crippen LogP contribution in [0.15, 0.2) is 42.5 Å². The van der Waals surface area contributed by atoms with Crippen molar-refractivity contribution in [2.75, 3.05) is 0 Å². The minimum Gasteiger partial charge on any atom is -0.457 e. The first-order valence-electron chi connectivity index (χ1n) is 6.27. The summed E-state index contributed by atoms with van der Waals surface area (Å²) >= 11 is 5.79. The van der Waals surface area contributed by atoms with Crippen LogP contribution >= 0.6 is 11.6 Å². The van der Waals surface area contributed by atoms with Crippen molar-refractivity contribution in [2.45, 2.75) is 6.18 Å². The van der Waals surface area contributed by atoms with Crippen LogP contribution in [0, 0.1) is 5.39 Å². The number of ether oxygens (including phenoxy) is 1. The molecule has 0 heterocycles. The maximum Gasteiger partial charge on any atom is 0.673 e. The van der Waals surface area contributed by atoms with Crippen LogP contribution in [0.3, 0.4) is 0 Å². The van der Waals surface area contributed by atoms with Gasteiger partial charge in [0.2, 0.25) is 5.39 Å². The van der Waals surface area contributed by atoms with Crippen molar-refractivity contribution in [1.82, 2.24) is 0 Å². The third-order valence-corrected chi connectivity index (χ3v) is 2.73. The van der Waals surface area contributed by atoms with Gasteiger partial charge in [0.15, 0.2) is 4.98 Å². The van der Waals surface area contributed by atoms with Crippen LogP contribution in [0.2, 0.25) is 5.02 Å². The fourth-order valence-corrected chi connectivity index (χ4v) is 1.71. The lowest BCUT2D eigenvalue weighted by molar-refractivity contribution is -0.137. The molecule has 0 bridgehead atoms. The van der Waals surface area contributed by atoms with Gasteiger partial charge in [-0.3, -0.25) is 0 Å². The number of hydrogen-bond donors (Lipinski definition) is 0. The lowest BCUT2D eigenvalue weighted by atomic mass is 10.2. The monoisotopic (exact) mass is 386 g/mol. The van der Waals surface area contributed by atoms with Gasteiger partial charge in [-0.05, 0) is 24.3 Å². The summed E-state index contributed by atoms with van der Waals surface area (Å²) in [4.78, 5) is 2.93. The summed E-state index contributed by atoms with van der Waals surface area (Å²) in [7, 11) is -6.00. The van der Waals surface area contributed by atoms with Crippen molar-refractivity contribution >= 4 is 24.5 Å². The van der Waals surface area contributed by atoms with Crippen LogP contribution in [0.25, 0.3) is 4.98 Å². The Balaban J connectivity index is 0.000000550. The summed E-state index contributed by atoms with van der Waals surface area (Å²) in [5.74, 6) is 0.270. The molecule has 2 rings (SSSR count). The molecule has 0 fully saturated rings. The second-order valence-corrected chi connectivity index (χ2v) is 4.74. The van der Waals surface area contributed by atoms with Crippen molar-refractivity contribution in [3.63, 3.8) is 0 Å². The summed E-state index contributed by atoms with van der Waals surface area (Å²) < 4.78 is 81.9. The fraction of sp³-hybridized carbons (Fsp3) is 0.0769. The van der Waals surface area contributed by atoms with E-state index in [1.54, 1.807) is 0 Å². The van der Waals surface area contributed by atoms with Crippen molar-refractivity contribution in [1.29, 1.82) is 5.39 Å². The van der Waals surface area contributed by atoms with Crippen molar-refractivity contribution in [2.24, 2.45) is 0 Å². The van der Waals surface area contributed by atoms with Crippen molar-refractivity contribution in [3.05, 3.63) is 58.0 Å². The number of rotatable bonds is 2. The highest BCUT2D eigenvalue weighted by molar-refractivity contribution is 6.50. The Kier molecular flexibility index (Phi) is 6.64. The maximum atomic E-state index is 12.6. The number of diazo groups is 1. The van der Waals surface area contributed by atoms with Gasteiger partial charge in [0, 0.05) is 12.1 Å². The molecule has 0 spiro atoms. The first-order valence-corrected chi connectivity index (χ1v) is 6.65. The predicted octanol–water partition coefficient (Wildman–Crippen LogP) is 6.94. The van der Waals surface area contributed by atoms with Gasteiger partial charge < -0.3 is 22.0 Å². The minimum atomic E-state index is -6.00. The summed E-state index contributed by atoms with van der Waals surface area (Å²) in [5.41, 5.74) is -0.661. The lowest BCUT2D eigenvalue weighted by Crippen LogP contribution is -2.04. The Hall–Kier alpha value is -2.48. The van der Waals surface area contributed by atoms with Gasteiger partial charge in [-0.25, -0.2) is 0 Å². The molecule has 0 aliphatic carbocycles. The second kappa shape index (κ2) is 8.07. The molecule has 0 N–H and O–H groups in total. The van der Waals surface area contributed by atoms with E-state index in [0.29, 0.717) is 0 Å². The number of halogens is 8. The summed E-state index contributed by atoms with van der Waals surface area (Å²) in [5, 5.41) is 8.72. The third kappa shape index (κ3) is 7.76. The molecule has 0 aliphatic heterocycles. The smallest absolute Gasteiger partial charge is 0.457 e. The minimum absolute atomic E-state index is 0.0320. The van der Waals surface area contributed by atoms with E-state index < -0.39 is 19.0 Å². The number of hydrogen-bond acceptors (Lipinski definition) is 2. The molecule has 2 aromatic rings. The van der Waals surface area contributed by atoms with Crippen LogP contribution in [0.5, 0.6) is 11.5 Å². The van der Waals surface area contributed by atoms with Gasteiger partial charge in [-0.2, -0.15) is 13.2 Å². The highest BCUT2D eigenvalue weighted by atomic mass is 35.5. The molecular weight excluding hydrogens is 379 g/mol. The Morgan fingerprint density at radius 2 is 1.52 bits per heavy atom. The zero-order valence-corrected chi connectivity index (χ0v) is 12.7. The predicted molar refractivity (Wildman–Crippen MR) is 77.9 cm³/mol. The molecule has 0 amide bonds. The maximum absolute atomic E-state index is 12.6.